The van der Waals surface area contributed by atoms with Gasteiger partial charge in [0, 0.05) is 13.0 Å². The zero-order chi connectivity index (χ0) is 13.1. The van der Waals surface area contributed by atoms with Gasteiger partial charge >= 0.3 is 6.36 Å². The molecule has 0 aliphatic carbocycles. The molecule has 4 nitrogen and oxygen atoms in total. The number of carbonyl (C=O) groups excluding carboxylic acids is 1. The van der Waals surface area contributed by atoms with Crippen LogP contribution in [0.1, 0.15) is 6.92 Å². The van der Waals surface area contributed by atoms with E-state index in [4.69, 9.17) is 4.74 Å². The summed E-state index contributed by atoms with van der Waals surface area (Å²) in [5.41, 5.74) is 0.113. The number of amides is 1. The Morgan fingerprint density at radius 1 is 1.35 bits per heavy atom. The van der Waals surface area contributed by atoms with Gasteiger partial charge in [-0.05, 0) is 12.1 Å². The van der Waals surface area contributed by atoms with Gasteiger partial charge in [0.1, 0.15) is 11.5 Å². The second-order valence-electron chi connectivity index (χ2n) is 3.09. The van der Waals surface area contributed by atoms with Crippen molar-refractivity contribution in [3.05, 3.63) is 18.2 Å². The van der Waals surface area contributed by atoms with Gasteiger partial charge in [-0.2, -0.15) is 0 Å². The lowest BCUT2D eigenvalue weighted by Gasteiger charge is -2.13. The normalized spacial score (nSPS) is 10.9. The second kappa shape index (κ2) is 4.94. The molecule has 0 bridgehead atoms. The molecule has 0 saturated heterocycles. The third-order valence-electron chi connectivity index (χ3n) is 1.72. The minimum absolute atomic E-state index is 0.113. The minimum atomic E-state index is -4.78. The molecule has 0 atom stereocenters. The Balaban J connectivity index is 3.00. The van der Waals surface area contributed by atoms with Gasteiger partial charge in [0.05, 0.1) is 12.8 Å². The highest BCUT2D eigenvalue weighted by molar-refractivity contribution is 5.90. The highest BCUT2D eigenvalue weighted by Crippen LogP contribution is 2.31. The Bertz CT molecular complexity index is 418. The number of alkyl halides is 3. The number of ether oxygens (including phenoxy) is 2. The van der Waals surface area contributed by atoms with E-state index >= 15 is 0 Å². The Kier molecular flexibility index (Phi) is 3.82. The number of hydrogen-bond donors (Lipinski definition) is 1. The second-order valence-corrected chi connectivity index (χ2v) is 3.09. The van der Waals surface area contributed by atoms with Crippen LogP contribution in [0.5, 0.6) is 11.5 Å². The maximum atomic E-state index is 12.0. The molecule has 0 saturated carbocycles. The average molecular weight is 249 g/mol. The molecule has 0 aliphatic rings. The van der Waals surface area contributed by atoms with Crippen molar-refractivity contribution < 1.29 is 27.4 Å². The summed E-state index contributed by atoms with van der Waals surface area (Å²) in [5, 5.41) is 2.34. The summed E-state index contributed by atoms with van der Waals surface area (Å²) in [6.07, 6.45) is -4.78. The fourth-order valence-corrected chi connectivity index (χ4v) is 1.17. The molecular formula is C10H10F3NO3. The quantitative estimate of drug-likeness (QED) is 0.895. The first kappa shape index (κ1) is 13.1. The van der Waals surface area contributed by atoms with Crippen LogP contribution in [-0.4, -0.2) is 19.4 Å². The number of rotatable bonds is 3. The van der Waals surface area contributed by atoms with E-state index in [1.807, 2.05) is 0 Å². The summed E-state index contributed by atoms with van der Waals surface area (Å²) in [6.45, 7) is 1.23. The Labute approximate surface area is 95.3 Å². The molecule has 17 heavy (non-hydrogen) atoms. The zero-order valence-electron chi connectivity index (χ0n) is 9.09. The van der Waals surface area contributed by atoms with E-state index in [0.717, 1.165) is 12.1 Å². The lowest BCUT2D eigenvalue weighted by molar-refractivity contribution is -0.274. The van der Waals surface area contributed by atoms with Crippen LogP contribution < -0.4 is 14.8 Å². The summed E-state index contributed by atoms with van der Waals surface area (Å²) in [4.78, 5) is 10.8. The SMILES string of the molecule is COc1ccc(OC(F)(F)F)cc1NC(C)=O. The summed E-state index contributed by atoms with van der Waals surface area (Å²) in [6, 6.07) is 3.40. The number of methoxy groups -OCH3 is 1. The van der Waals surface area contributed by atoms with Gasteiger partial charge in [-0.1, -0.05) is 0 Å². The van der Waals surface area contributed by atoms with Gasteiger partial charge in [-0.3, -0.25) is 4.79 Å². The van der Waals surface area contributed by atoms with Crippen LogP contribution in [0.4, 0.5) is 18.9 Å². The van der Waals surface area contributed by atoms with Gasteiger partial charge in [0.2, 0.25) is 5.91 Å². The molecule has 0 unspecified atom stereocenters. The number of halogens is 3. The largest absolute Gasteiger partial charge is 0.573 e. The fraction of sp³-hybridized carbons (Fsp3) is 0.300. The van der Waals surface area contributed by atoms with Gasteiger partial charge in [-0.25, -0.2) is 0 Å². The molecule has 1 aromatic rings. The first-order chi connectivity index (χ1) is 7.81. The molecule has 0 aromatic heterocycles. The van der Waals surface area contributed by atoms with Gasteiger partial charge in [0.25, 0.3) is 0 Å². The Morgan fingerprint density at radius 2 is 2.00 bits per heavy atom. The van der Waals surface area contributed by atoms with Crippen LogP contribution in [0.2, 0.25) is 0 Å². The number of nitrogens with one attached hydrogen (secondary N) is 1. The Morgan fingerprint density at radius 3 is 2.47 bits per heavy atom. The van der Waals surface area contributed by atoms with E-state index in [9.17, 15) is 18.0 Å². The summed E-state index contributed by atoms with van der Waals surface area (Å²) in [5.74, 6) is -0.607. The third kappa shape index (κ3) is 4.21. The highest BCUT2D eigenvalue weighted by Gasteiger charge is 2.31. The monoisotopic (exact) mass is 249 g/mol. The van der Waals surface area contributed by atoms with E-state index in [1.54, 1.807) is 0 Å². The van der Waals surface area contributed by atoms with Crippen LogP contribution in [-0.2, 0) is 4.79 Å². The molecule has 0 spiro atoms. The lowest BCUT2D eigenvalue weighted by Crippen LogP contribution is -2.17. The van der Waals surface area contributed by atoms with E-state index < -0.39 is 18.0 Å². The molecule has 0 radical (unpaired) electrons. The van der Waals surface area contributed by atoms with Crippen LogP contribution in [0.15, 0.2) is 18.2 Å². The summed E-state index contributed by atoms with van der Waals surface area (Å²) in [7, 11) is 1.34. The van der Waals surface area contributed by atoms with E-state index in [0.29, 0.717) is 0 Å². The molecule has 0 aliphatic heterocycles. The average Bonchev–Trinajstić information content (AvgIpc) is 2.14. The van der Waals surface area contributed by atoms with Gasteiger partial charge in [0.15, 0.2) is 0 Å². The standard InChI is InChI=1S/C10H10F3NO3/c1-6(15)14-8-5-7(17-10(11,12)13)3-4-9(8)16-2/h3-5H,1-2H3,(H,14,15). The Hall–Kier alpha value is -1.92. The van der Waals surface area contributed by atoms with Crippen molar-refractivity contribution in [3.63, 3.8) is 0 Å². The first-order valence-electron chi connectivity index (χ1n) is 4.53. The van der Waals surface area contributed by atoms with E-state index in [1.165, 1.54) is 20.1 Å². The number of anilines is 1. The van der Waals surface area contributed by atoms with Crippen LogP contribution in [0.3, 0.4) is 0 Å². The predicted octanol–water partition coefficient (Wildman–Crippen LogP) is 2.55. The van der Waals surface area contributed by atoms with Crippen LogP contribution >= 0.6 is 0 Å². The van der Waals surface area contributed by atoms with E-state index in [2.05, 4.69) is 10.1 Å². The van der Waals surface area contributed by atoms with E-state index in [-0.39, 0.29) is 11.4 Å². The van der Waals surface area contributed by atoms with Crippen molar-refractivity contribution in [2.24, 2.45) is 0 Å². The van der Waals surface area contributed by atoms with Crippen molar-refractivity contribution in [2.75, 3.05) is 12.4 Å². The first-order valence-corrected chi connectivity index (χ1v) is 4.53. The smallest absolute Gasteiger partial charge is 0.495 e. The highest BCUT2D eigenvalue weighted by atomic mass is 19.4. The van der Waals surface area contributed by atoms with Gasteiger partial charge < -0.3 is 14.8 Å². The van der Waals surface area contributed by atoms with Crippen molar-refractivity contribution in [2.45, 2.75) is 13.3 Å². The maximum absolute atomic E-state index is 12.0. The lowest BCUT2D eigenvalue weighted by atomic mass is 10.2. The summed E-state index contributed by atoms with van der Waals surface area (Å²) < 4.78 is 44.5. The van der Waals surface area contributed by atoms with Crippen LogP contribution in [0.25, 0.3) is 0 Å². The van der Waals surface area contributed by atoms with Crippen molar-refractivity contribution in [3.8, 4) is 11.5 Å². The van der Waals surface area contributed by atoms with Crippen molar-refractivity contribution in [1.29, 1.82) is 0 Å². The number of carbonyl (C=O) groups is 1. The molecule has 94 valence electrons. The minimum Gasteiger partial charge on any atom is -0.495 e. The molecule has 1 aromatic carbocycles. The molecule has 0 heterocycles. The molecule has 7 heteroatoms. The number of hydrogen-bond acceptors (Lipinski definition) is 3. The maximum Gasteiger partial charge on any atom is 0.573 e. The van der Waals surface area contributed by atoms with Crippen LogP contribution in [0, 0.1) is 0 Å². The molecule has 1 rings (SSSR count). The molecule has 1 amide bonds. The molecule has 0 fully saturated rings. The molecule has 1 N–H and O–H groups in total. The van der Waals surface area contributed by atoms with Crippen molar-refractivity contribution in [1.82, 2.24) is 0 Å². The van der Waals surface area contributed by atoms with Gasteiger partial charge in [-0.15, -0.1) is 13.2 Å². The fourth-order valence-electron chi connectivity index (χ4n) is 1.17. The predicted molar refractivity (Wildman–Crippen MR) is 54.0 cm³/mol. The number of benzene rings is 1. The topological polar surface area (TPSA) is 47.6 Å². The van der Waals surface area contributed by atoms with Crippen molar-refractivity contribution >= 4 is 11.6 Å². The summed E-state index contributed by atoms with van der Waals surface area (Å²) >= 11 is 0. The molecular weight excluding hydrogens is 239 g/mol. The third-order valence-corrected chi connectivity index (χ3v) is 1.72. The zero-order valence-corrected chi connectivity index (χ0v) is 9.09.